The minimum Gasteiger partial charge on any atom is -0.547 e. The molecule has 0 saturated carbocycles. The Labute approximate surface area is 113 Å². The summed E-state index contributed by atoms with van der Waals surface area (Å²) in [5, 5.41) is 0. The van der Waals surface area contributed by atoms with Crippen LogP contribution in [0.2, 0.25) is 18.1 Å². The second-order valence-electron chi connectivity index (χ2n) is 4.85. The van der Waals surface area contributed by atoms with Crippen LogP contribution in [0, 0.1) is 0 Å². The van der Waals surface area contributed by atoms with Gasteiger partial charge in [-0.2, -0.15) is 0 Å². The molecule has 0 aliphatic heterocycles. The van der Waals surface area contributed by atoms with E-state index in [4.69, 9.17) is 4.43 Å². The van der Waals surface area contributed by atoms with E-state index in [1.54, 1.807) is 0 Å². The monoisotopic (exact) mass is 262 g/mol. The van der Waals surface area contributed by atoms with Gasteiger partial charge in [0.15, 0.2) is 0 Å². The van der Waals surface area contributed by atoms with Gasteiger partial charge in [-0.1, -0.05) is 51.1 Å². The zero-order chi connectivity index (χ0) is 13.4. The van der Waals surface area contributed by atoms with Crippen LogP contribution in [0.25, 0.3) is 0 Å². The quantitative estimate of drug-likeness (QED) is 0.487. The van der Waals surface area contributed by atoms with Gasteiger partial charge in [-0.15, -0.1) is 0 Å². The van der Waals surface area contributed by atoms with Gasteiger partial charge >= 0.3 is 0 Å². The average molecular weight is 262 g/mol. The summed E-state index contributed by atoms with van der Waals surface area (Å²) in [6.45, 7) is 8.91. The highest BCUT2D eigenvalue weighted by atomic mass is 28.4. The number of hydrogen-bond donors (Lipinski definition) is 0. The third-order valence-electron chi connectivity index (χ3n) is 3.78. The smallest absolute Gasteiger partial charge is 0.250 e. The van der Waals surface area contributed by atoms with Gasteiger partial charge < -0.3 is 4.43 Å². The zero-order valence-corrected chi connectivity index (χ0v) is 13.2. The second-order valence-corrected chi connectivity index (χ2v) is 9.54. The van der Waals surface area contributed by atoms with Crippen LogP contribution in [-0.2, 0) is 10.8 Å². The third-order valence-corrected chi connectivity index (χ3v) is 8.40. The lowest BCUT2D eigenvalue weighted by Gasteiger charge is -2.29. The molecule has 0 saturated heterocycles. The molecule has 0 aliphatic carbocycles. The summed E-state index contributed by atoms with van der Waals surface area (Å²) >= 11 is 0. The summed E-state index contributed by atoms with van der Waals surface area (Å²) in [5.41, 5.74) is 1.34. The van der Waals surface area contributed by atoms with Crippen LogP contribution in [-0.4, -0.2) is 8.32 Å². The normalized spacial score (nSPS) is 12.6. The van der Waals surface area contributed by atoms with Crippen LogP contribution in [0.1, 0.15) is 33.3 Å². The molecule has 100 valence electrons. The number of rotatable bonds is 7. The highest BCUT2D eigenvalue weighted by molar-refractivity contribution is 6.73. The van der Waals surface area contributed by atoms with Crippen molar-refractivity contribution in [3.8, 4) is 0 Å². The van der Waals surface area contributed by atoms with E-state index < -0.39 is 8.32 Å². The summed E-state index contributed by atoms with van der Waals surface area (Å²) in [7, 11) is -1.49. The first-order valence-corrected chi connectivity index (χ1v) is 9.58. The topological polar surface area (TPSA) is 9.23 Å². The van der Waals surface area contributed by atoms with Crippen LogP contribution in [0.4, 0.5) is 0 Å². The lowest BCUT2D eigenvalue weighted by Crippen LogP contribution is -2.35. The van der Waals surface area contributed by atoms with E-state index in [0.717, 1.165) is 12.2 Å². The fraction of sp³-hybridized carbons (Fsp3) is 0.500. The first kappa shape index (κ1) is 15.0. The second kappa shape index (κ2) is 7.42. The first-order valence-electron chi connectivity index (χ1n) is 7.05. The van der Waals surface area contributed by atoms with Crippen molar-refractivity contribution in [2.24, 2.45) is 0 Å². The summed E-state index contributed by atoms with van der Waals surface area (Å²) in [6, 6.07) is 14.2. The molecule has 0 atom stereocenters. The van der Waals surface area contributed by atoms with E-state index in [9.17, 15) is 0 Å². The molecule has 2 heteroatoms. The summed E-state index contributed by atoms with van der Waals surface area (Å²) in [4.78, 5) is 0. The minimum atomic E-state index is -1.49. The molecule has 0 amide bonds. The predicted octanol–water partition coefficient (Wildman–Crippen LogP) is 5.15. The van der Waals surface area contributed by atoms with E-state index in [1.807, 2.05) is 0 Å². The summed E-state index contributed by atoms with van der Waals surface area (Å²) < 4.78 is 6.31. The fourth-order valence-corrected chi connectivity index (χ4v) is 4.92. The van der Waals surface area contributed by atoms with Gasteiger partial charge in [-0.25, -0.2) is 0 Å². The van der Waals surface area contributed by atoms with Gasteiger partial charge in [-0.05, 0) is 43.1 Å². The Morgan fingerprint density at radius 1 is 1.06 bits per heavy atom. The largest absolute Gasteiger partial charge is 0.547 e. The maximum Gasteiger partial charge on any atom is 0.250 e. The van der Waals surface area contributed by atoms with Gasteiger partial charge in [0.25, 0.3) is 0 Å². The lowest BCUT2D eigenvalue weighted by molar-refractivity contribution is 0.405. The highest BCUT2D eigenvalue weighted by Gasteiger charge is 2.30. The average Bonchev–Trinajstić information content (AvgIpc) is 2.44. The Hall–Kier alpha value is -1.02. The maximum atomic E-state index is 6.31. The SMILES string of the molecule is CC[Si](CC)(CC)O/C(C)=C/Cc1ccccc1. The zero-order valence-electron chi connectivity index (χ0n) is 12.2. The number of allylic oxidation sites excluding steroid dienone is 2. The maximum absolute atomic E-state index is 6.31. The van der Waals surface area contributed by atoms with Crippen molar-refractivity contribution >= 4 is 8.32 Å². The van der Waals surface area contributed by atoms with E-state index in [-0.39, 0.29) is 0 Å². The molecule has 0 spiro atoms. The first-order chi connectivity index (χ1) is 8.65. The van der Waals surface area contributed by atoms with Crippen LogP contribution < -0.4 is 0 Å². The highest BCUT2D eigenvalue weighted by Crippen LogP contribution is 2.24. The van der Waals surface area contributed by atoms with Crippen molar-refractivity contribution in [2.45, 2.75) is 52.2 Å². The number of benzene rings is 1. The summed E-state index contributed by atoms with van der Waals surface area (Å²) in [6.07, 6.45) is 3.19. The van der Waals surface area contributed by atoms with Gasteiger partial charge in [0.1, 0.15) is 0 Å². The van der Waals surface area contributed by atoms with E-state index >= 15 is 0 Å². The lowest BCUT2D eigenvalue weighted by atomic mass is 10.1. The molecule has 0 radical (unpaired) electrons. The molecule has 1 aromatic rings. The Kier molecular flexibility index (Phi) is 6.20. The predicted molar refractivity (Wildman–Crippen MR) is 82.2 cm³/mol. The Morgan fingerprint density at radius 3 is 2.11 bits per heavy atom. The Bertz CT molecular complexity index is 358. The fourth-order valence-electron chi connectivity index (χ4n) is 2.23. The molecule has 0 fully saturated rings. The Morgan fingerprint density at radius 2 is 1.61 bits per heavy atom. The molecular weight excluding hydrogens is 236 g/mol. The third kappa shape index (κ3) is 4.34. The minimum absolute atomic E-state index is 0.967. The molecule has 0 aromatic heterocycles. The van der Waals surface area contributed by atoms with Crippen molar-refractivity contribution in [3.05, 3.63) is 47.7 Å². The summed E-state index contributed by atoms with van der Waals surface area (Å²) in [5.74, 6) is 1.11. The van der Waals surface area contributed by atoms with Gasteiger partial charge in [-0.3, -0.25) is 0 Å². The van der Waals surface area contributed by atoms with E-state index in [0.29, 0.717) is 0 Å². The van der Waals surface area contributed by atoms with Gasteiger partial charge in [0.05, 0.1) is 5.76 Å². The van der Waals surface area contributed by atoms with Gasteiger partial charge in [0, 0.05) is 0 Å². The van der Waals surface area contributed by atoms with Crippen molar-refractivity contribution in [1.29, 1.82) is 0 Å². The molecule has 1 aromatic carbocycles. The van der Waals surface area contributed by atoms with Crippen molar-refractivity contribution in [2.75, 3.05) is 0 Å². The molecule has 0 unspecified atom stereocenters. The molecule has 18 heavy (non-hydrogen) atoms. The standard InChI is InChI=1S/C16H26OSi/c1-5-18(6-2,7-3)17-15(4)13-14-16-11-9-8-10-12-16/h8-13H,5-7,14H2,1-4H3/b15-13+. The van der Waals surface area contributed by atoms with Crippen molar-refractivity contribution in [3.63, 3.8) is 0 Å². The van der Waals surface area contributed by atoms with E-state index in [1.165, 1.54) is 23.7 Å². The molecule has 0 N–H and O–H groups in total. The van der Waals surface area contributed by atoms with Crippen LogP contribution in [0.15, 0.2) is 42.2 Å². The Balaban J connectivity index is 2.61. The van der Waals surface area contributed by atoms with Crippen LogP contribution >= 0.6 is 0 Å². The molecule has 0 bridgehead atoms. The van der Waals surface area contributed by atoms with Crippen molar-refractivity contribution < 1.29 is 4.43 Å². The number of hydrogen-bond acceptors (Lipinski definition) is 1. The molecule has 0 heterocycles. The molecule has 0 aliphatic rings. The molecular formula is C16H26OSi. The van der Waals surface area contributed by atoms with Crippen LogP contribution in [0.3, 0.4) is 0 Å². The van der Waals surface area contributed by atoms with E-state index in [2.05, 4.69) is 64.1 Å². The van der Waals surface area contributed by atoms with Crippen molar-refractivity contribution in [1.82, 2.24) is 0 Å². The van der Waals surface area contributed by atoms with Gasteiger partial charge in [0.2, 0.25) is 8.32 Å². The molecule has 1 rings (SSSR count). The molecule has 1 nitrogen and oxygen atoms in total. The van der Waals surface area contributed by atoms with Crippen LogP contribution in [0.5, 0.6) is 0 Å².